The van der Waals surface area contributed by atoms with Crippen LogP contribution in [-0.4, -0.2) is 37.1 Å². The summed E-state index contributed by atoms with van der Waals surface area (Å²) in [6.07, 6.45) is -2.01. The Balaban J connectivity index is 2.00. The highest BCUT2D eigenvalue weighted by Gasteiger charge is 2.30. The quantitative estimate of drug-likeness (QED) is 0.232. The molecule has 0 bridgehead atoms. The lowest BCUT2D eigenvalue weighted by Gasteiger charge is -2.11. The summed E-state index contributed by atoms with van der Waals surface area (Å²) >= 11 is 5.94. The van der Waals surface area contributed by atoms with Gasteiger partial charge in [-0.05, 0) is 36.4 Å². The standard InChI is InChI=1S/C21H18ClF3N4O4/c1-2-8-26-19(31)20(32)29-27-11-13-9-15(22)6-7-17(13)33-12-18(30)28-16-5-3-4-14(10-16)21(23,24)25/h2-7,9-11H,1,8,12H2,(H,26,31)(H,28,30)(H,29,32)/b27-11-. The topological polar surface area (TPSA) is 109 Å². The van der Waals surface area contributed by atoms with Crippen molar-refractivity contribution in [2.24, 2.45) is 5.10 Å². The number of nitrogens with zero attached hydrogens (tertiary/aromatic N) is 1. The summed E-state index contributed by atoms with van der Waals surface area (Å²) in [5.41, 5.74) is 1.33. The van der Waals surface area contributed by atoms with Crippen molar-refractivity contribution in [2.75, 3.05) is 18.5 Å². The lowest BCUT2D eigenvalue weighted by Crippen LogP contribution is -2.37. The highest BCUT2D eigenvalue weighted by atomic mass is 35.5. The van der Waals surface area contributed by atoms with E-state index < -0.39 is 36.1 Å². The normalized spacial score (nSPS) is 11.0. The van der Waals surface area contributed by atoms with Gasteiger partial charge < -0.3 is 15.4 Å². The monoisotopic (exact) mass is 482 g/mol. The van der Waals surface area contributed by atoms with Gasteiger partial charge in [0.25, 0.3) is 5.91 Å². The van der Waals surface area contributed by atoms with E-state index in [-0.39, 0.29) is 23.5 Å². The molecule has 174 valence electrons. The molecule has 0 heterocycles. The van der Waals surface area contributed by atoms with Crippen molar-refractivity contribution in [1.29, 1.82) is 0 Å². The molecule has 0 saturated heterocycles. The molecule has 0 aliphatic rings. The van der Waals surface area contributed by atoms with Crippen LogP contribution in [0.15, 0.2) is 60.2 Å². The highest BCUT2D eigenvalue weighted by Crippen LogP contribution is 2.30. The molecule has 0 aromatic heterocycles. The van der Waals surface area contributed by atoms with E-state index in [0.717, 1.165) is 18.3 Å². The molecule has 3 N–H and O–H groups in total. The van der Waals surface area contributed by atoms with E-state index in [1.54, 1.807) is 0 Å². The first-order valence-corrected chi connectivity index (χ1v) is 9.59. The third-order valence-corrected chi connectivity index (χ3v) is 4.02. The minimum absolute atomic E-state index is 0.0474. The number of nitrogens with one attached hydrogen (secondary N) is 3. The fraction of sp³-hybridized carbons (Fsp3) is 0.143. The van der Waals surface area contributed by atoms with Crippen LogP contribution in [0.3, 0.4) is 0 Å². The molecule has 12 heteroatoms. The Bertz CT molecular complexity index is 1070. The summed E-state index contributed by atoms with van der Waals surface area (Å²) < 4.78 is 43.8. The summed E-state index contributed by atoms with van der Waals surface area (Å²) in [6, 6.07) is 8.48. The lowest BCUT2D eigenvalue weighted by atomic mass is 10.2. The minimum Gasteiger partial charge on any atom is -0.483 e. The van der Waals surface area contributed by atoms with Crippen molar-refractivity contribution in [1.82, 2.24) is 10.7 Å². The molecule has 3 amide bonds. The lowest BCUT2D eigenvalue weighted by molar-refractivity contribution is -0.139. The third-order valence-electron chi connectivity index (χ3n) is 3.79. The summed E-state index contributed by atoms with van der Waals surface area (Å²) in [6.45, 7) is 2.97. The molecule has 0 saturated carbocycles. The Morgan fingerprint density at radius 1 is 1.12 bits per heavy atom. The highest BCUT2D eigenvalue weighted by molar-refractivity contribution is 6.35. The molecular weight excluding hydrogens is 465 g/mol. The summed E-state index contributed by atoms with van der Waals surface area (Å²) in [5.74, 6) is -2.49. The van der Waals surface area contributed by atoms with Gasteiger partial charge in [-0.25, -0.2) is 5.43 Å². The van der Waals surface area contributed by atoms with Crippen molar-refractivity contribution in [2.45, 2.75) is 6.18 Å². The van der Waals surface area contributed by atoms with Crippen LogP contribution < -0.4 is 20.8 Å². The maximum Gasteiger partial charge on any atom is 0.416 e. The second-order valence-corrected chi connectivity index (χ2v) is 6.73. The van der Waals surface area contributed by atoms with Crippen LogP contribution in [0.4, 0.5) is 18.9 Å². The largest absolute Gasteiger partial charge is 0.483 e. The van der Waals surface area contributed by atoms with Crippen LogP contribution in [0.2, 0.25) is 5.02 Å². The number of carbonyl (C=O) groups is 3. The van der Waals surface area contributed by atoms with E-state index in [9.17, 15) is 27.6 Å². The minimum atomic E-state index is -4.55. The fourth-order valence-electron chi connectivity index (χ4n) is 2.32. The van der Waals surface area contributed by atoms with Gasteiger partial charge in [0.1, 0.15) is 5.75 Å². The van der Waals surface area contributed by atoms with Gasteiger partial charge in [0.2, 0.25) is 0 Å². The SMILES string of the molecule is C=CCNC(=O)C(=O)N/N=C\c1cc(Cl)ccc1OCC(=O)Nc1cccc(C(F)(F)F)c1. The van der Waals surface area contributed by atoms with Gasteiger partial charge >= 0.3 is 18.0 Å². The molecular formula is C21H18ClF3N4O4. The first-order chi connectivity index (χ1) is 15.6. The first kappa shape index (κ1) is 25.4. The fourth-order valence-corrected chi connectivity index (χ4v) is 2.50. The zero-order chi connectivity index (χ0) is 24.4. The zero-order valence-corrected chi connectivity index (χ0v) is 17.7. The van der Waals surface area contributed by atoms with Crippen LogP contribution in [-0.2, 0) is 20.6 Å². The van der Waals surface area contributed by atoms with Gasteiger partial charge in [-0.1, -0.05) is 23.7 Å². The van der Waals surface area contributed by atoms with Gasteiger partial charge in [-0.15, -0.1) is 6.58 Å². The van der Waals surface area contributed by atoms with Gasteiger partial charge in [0.15, 0.2) is 6.61 Å². The number of halogens is 4. The van der Waals surface area contributed by atoms with Crippen LogP contribution in [0.25, 0.3) is 0 Å². The van der Waals surface area contributed by atoms with E-state index in [4.69, 9.17) is 16.3 Å². The van der Waals surface area contributed by atoms with E-state index >= 15 is 0 Å². The second kappa shape index (κ2) is 11.7. The molecule has 2 rings (SSSR count). The summed E-state index contributed by atoms with van der Waals surface area (Å²) in [4.78, 5) is 35.2. The number of rotatable bonds is 8. The van der Waals surface area contributed by atoms with Crippen LogP contribution in [0.1, 0.15) is 11.1 Å². The van der Waals surface area contributed by atoms with E-state index in [1.807, 2.05) is 5.43 Å². The maximum absolute atomic E-state index is 12.8. The molecule has 2 aromatic rings. The number of alkyl halides is 3. The van der Waals surface area contributed by atoms with Gasteiger partial charge in [0, 0.05) is 22.8 Å². The van der Waals surface area contributed by atoms with Crippen molar-refractivity contribution in [3.8, 4) is 5.75 Å². The van der Waals surface area contributed by atoms with E-state index in [2.05, 4.69) is 22.3 Å². The van der Waals surface area contributed by atoms with E-state index in [1.165, 1.54) is 36.4 Å². The predicted molar refractivity (Wildman–Crippen MR) is 116 cm³/mol. The van der Waals surface area contributed by atoms with Gasteiger partial charge in [-0.2, -0.15) is 18.3 Å². The number of hydrogen-bond acceptors (Lipinski definition) is 5. The Morgan fingerprint density at radius 3 is 2.58 bits per heavy atom. The van der Waals surface area contributed by atoms with Crippen molar-refractivity contribution < 1.29 is 32.3 Å². The van der Waals surface area contributed by atoms with Crippen molar-refractivity contribution in [3.63, 3.8) is 0 Å². The number of carbonyl (C=O) groups excluding carboxylic acids is 3. The zero-order valence-electron chi connectivity index (χ0n) is 16.9. The molecule has 8 nitrogen and oxygen atoms in total. The molecule has 0 aliphatic heterocycles. The molecule has 0 aliphatic carbocycles. The van der Waals surface area contributed by atoms with Crippen molar-refractivity contribution in [3.05, 3.63) is 71.3 Å². The molecule has 0 atom stereocenters. The summed E-state index contributed by atoms with van der Waals surface area (Å²) in [7, 11) is 0. The number of hydrogen-bond donors (Lipinski definition) is 3. The summed E-state index contributed by atoms with van der Waals surface area (Å²) in [5, 5.41) is 8.52. The Kier molecular flexibility index (Phi) is 8.98. The number of anilines is 1. The van der Waals surface area contributed by atoms with Crippen LogP contribution in [0, 0.1) is 0 Å². The van der Waals surface area contributed by atoms with Crippen LogP contribution in [0.5, 0.6) is 5.75 Å². The Hall–Kier alpha value is -3.86. The average Bonchev–Trinajstić information content (AvgIpc) is 2.76. The number of hydrazone groups is 1. The predicted octanol–water partition coefficient (Wildman–Crippen LogP) is 3.13. The van der Waals surface area contributed by atoms with E-state index in [0.29, 0.717) is 5.02 Å². The number of amides is 3. The Morgan fingerprint density at radius 2 is 1.88 bits per heavy atom. The van der Waals surface area contributed by atoms with Gasteiger partial charge in [-0.3, -0.25) is 14.4 Å². The van der Waals surface area contributed by atoms with Gasteiger partial charge in [0.05, 0.1) is 11.8 Å². The average molecular weight is 483 g/mol. The Labute approximate surface area is 191 Å². The number of ether oxygens (including phenoxy) is 1. The second-order valence-electron chi connectivity index (χ2n) is 6.30. The first-order valence-electron chi connectivity index (χ1n) is 9.21. The number of benzene rings is 2. The smallest absolute Gasteiger partial charge is 0.416 e. The van der Waals surface area contributed by atoms with Crippen molar-refractivity contribution >= 4 is 41.2 Å². The molecule has 33 heavy (non-hydrogen) atoms. The van der Waals surface area contributed by atoms with Crippen LogP contribution >= 0.6 is 11.6 Å². The third kappa shape index (κ3) is 8.30. The molecule has 0 unspecified atom stereocenters. The maximum atomic E-state index is 12.8. The molecule has 2 aromatic carbocycles. The molecule has 0 radical (unpaired) electrons. The molecule has 0 spiro atoms. The molecule has 0 fully saturated rings.